The lowest BCUT2D eigenvalue weighted by atomic mass is 10.1. The maximum atomic E-state index is 12.4. The molecule has 1 aromatic rings. The van der Waals surface area contributed by atoms with Gasteiger partial charge < -0.3 is 10.1 Å². The fourth-order valence-electron chi connectivity index (χ4n) is 2.08. The zero-order valence-electron chi connectivity index (χ0n) is 14.3. The van der Waals surface area contributed by atoms with E-state index >= 15 is 0 Å². The van der Waals surface area contributed by atoms with Gasteiger partial charge in [0, 0.05) is 12.8 Å². The number of carbonyl (C=O) groups is 2. The minimum Gasteiger partial charge on any atom is -0.467 e. The second kappa shape index (κ2) is 10.2. The second-order valence-electron chi connectivity index (χ2n) is 5.32. The van der Waals surface area contributed by atoms with Crippen LogP contribution in [-0.4, -0.2) is 39.5 Å². The number of hydrogen-bond donors (Lipinski definition) is 2. The standard InChI is InChI=1S/C18H20N2O5S/c1-4-9-15(17(21)19-16(10-5-2)18(22)25-3)20-26(23,24)13-14-11-7-6-8-12-14/h1-2,6-8,11-12,15-16,20H,9-10,13H2,3H3,(H,19,21). The SMILES string of the molecule is C#CCC(NS(=O)(=O)Cc1ccccc1)C(=O)NC(CC#C)C(=O)OC. The van der Waals surface area contributed by atoms with E-state index in [1.54, 1.807) is 30.3 Å². The first-order chi connectivity index (χ1) is 12.3. The molecule has 7 nitrogen and oxygen atoms in total. The molecule has 0 aromatic heterocycles. The van der Waals surface area contributed by atoms with Gasteiger partial charge in [0.25, 0.3) is 0 Å². The van der Waals surface area contributed by atoms with Gasteiger partial charge in [-0.2, -0.15) is 0 Å². The molecule has 2 atom stereocenters. The van der Waals surface area contributed by atoms with E-state index in [0.717, 1.165) is 7.11 Å². The van der Waals surface area contributed by atoms with E-state index in [1.807, 2.05) is 0 Å². The van der Waals surface area contributed by atoms with Crippen molar-refractivity contribution < 1.29 is 22.7 Å². The minimum atomic E-state index is -3.84. The Labute approximate surface area is 153 Å². The van der Waals surface area contributed by atoms with Gasteiger partial charge in [-0.05, 0) is 5.56 Å². The summed E-state index contributed by atoms with van der Waals surface area (Å²) in [7, 11) is -2.69. The fraction of sp³-hybridized carbons (Fsp3) is 0.333. The van der Waals surface area contributed by atoms with E-state index in [-0.39, 0.29) is 18.6 Å². The first kappa shape index (κ1) is 21.2. The molecule has 0 bridgehead atoms. The normalized spacial score (nSPS) is 12.9. The molecule has 0 aliphatic rings. The average Bonchev–Trinajstić information content (AvgIpc) is 2.60. The highest BCUT2D eigenvalue weighted by Gasteiger charge is 2.28. The first-order valence-corrected chi connectivity index (χ1v) is 9.27. The monoisotopic (exact) mass is 376 g/mol. The van der Waals surface area contributed by atoms with Crippen LogP contribution in [0.3, 0.4) is 0 Å². The highest BCUT2D eigenvalue weighted by Crippen LogP contribution is 2.06. The predicted molar refractivity (Wildman–Crippen MR) is 96.8 cm³/mol. The van der Waals surface area contributed by atoms with Crippen LogP contribution in [0, 0.1) is 24.7 Å². The molecule has 1 rings (SSSR count). The minimum absolute atomic E-state index is 0.0993. The molecule has 0 aliphatic heterocycles. The number of benzene rings is 1. The van der Waals surface area contributed by atoms with Crippen LogP contribution in [0.4, 0.5) is 0 Å². The van der Waals surface area contributed by atoms with Crippen molar-refractivity contribution in [2.45, 2.75) is 30.7 Å². The van der Waals surface area contributed by atoms with Crippen molar-refractivity contribution in [2.75, 3.05) is 7.11 Å². The van der Waals surface area contributed by atoms with Gasteiger partial charge in [-0.25, -0.2) is 17.9 Å². The number of amides is 1. The lowest BCUT2D eigenvalue weighted by Gasteiger charge is -2.20. The summed E-state index contributed by atoms with van der Waals surface area (Å²) >= 11 is 0. The molecule has 0 heterocycles. The molecule has 0 aliphatic carbocycles. The number of terminal acetylenes is 2. The molecule has 1 amide bonds. The number of sulfonamides is 1. The largest absolute Gasteiger partial charge is 0.467 e. The Bertz CT molecular complexity index is 806. The van der Waals surface area contributed by atoms with Crippen molar-refractivity contribution in [1.29, 1.82) is 0 Å². The third-order valence-electron chi connectivity index (χ3n) is 3.28. The molecule has 0 spiro atoms. The lowest BCUT2D eigenvalue weighted by molar-refractivity contribution is -0.145. The van der Waals surface area contributed by atoms with Crippen LogP contribution < -0.4 is 10.0 Å². The Morgan fingerprint density at radius 2 is 1.69 bits per heavy atom. The van der Waals surface area contributed by atoms with Gasteiger partial charge in [0.2, 0.25) is 15.9 Å². The summed E-state index contributed by atoms with van der Waals surface area (Å²) in [6.07, 6.45) is 10.1. The number of rotatable bonds is 9. The van der Waals surface area contributed by atoms with E-state index in [2.05, 4.69) is 26.6 Å². The van der Waals surface area contributed by atoms with E-state index in [4.69, 9.17) is 12.8 Å². The number of esters is 1. The summed E-state index contributed by atoms with van der Waals surface area (Å²) in [6, 6.07) is 6.14. The van der Waals surface area contributed by atoms with Crippen molar-refractivity contribution in [1.82, 2.24) is 10.0 Å². The third-order valence-corrected chi connectivity index (χ3v) is 4.64. The Morgan fingerprint density at radius 1 is 1.12 bits per heavy atom. The molecule has 138 valence electrons. The Balaban J connectivity index is 2.86. The number of carbonyl (C=O) groups excluding carboxylic acids is 2. The fourth-order valence-corrected chi connectivity index (χ4v) is 3.42. The van der Waals surface area contributed by atoms with Gasteiger partial charge in [0.1, 0.15) is 12.1 Å². The van der Waals surface area contributed by atoms with Gasteiger partial charge in [0.15, 0.2) is 0 Å². The van der Waals surface area contributed by atoms with Crippen molar-refractivity contribution in [3.8, 4) is 24.7 Å². The number of nitrogens with one attached hydrogen (secondary N) is 2. The van der Waals surface area contributed by atoms with Crippen LogP contribution in [0.25, 0.3) is 0 Å². The molecule has 0 saturated carbocycles. The van der Waals surface area contributed by atoms with Crippen LogP contribution in [-0.2, 0) is 30.1 Å². The maximum absolute atomic E-state index is 12.4. The van der Waals surface area contributed by atoms with Crippen molar-refractivity contribution in [3.63, 3.8) is 0 Å². The third kappa shape index (κ3) is 6.98. The molecule has 2 N–H and O–H groups in total. The molecule has 0 saturated heterocycles. The summed E-state index contributed by atoms with van der Waals surface area (Å²) in [5, 5.41) is 2.36. The van der Waals surface area contributed by atoms with Crippen molar-refractivity contribution in [2.24, 2.45) is 0 Å². The van der Waals surface area contributed by atoms with E-state index < -0.39 is 34.0 Å². The summed E-state index contributed by atoms with van der Waals surface area (Å²) in [5.74, 6) is 2.68. The van der Waals surface area contributed by atoms with E-state index in [1.165, 1.54) is 0 Å². The molecular weight excluding hydrogens is 356 g/mol. The predicted octanol–water partition coefficient (Wildman–Crippen LogP) is 0.179. The molecule has 2 unspecified atom stereocenters. The van der Waals surface area contributed by atoms with Crippen LogP contribution in [0.2, 0.25) is 0 Å². The zero-order chi connectivity index (χ0) is 19.6. The summed E-state index contributed by atoms with van der Waals surface area (Å²) in [6.45, 7) is 0. The summed E-state index contributed by atoms with van der Waals surface area (Å²) < 4.78 is 31.4. The van der Waals surface area contributed by atoms with Crippen LogP contribution >= 0.6 is 0 Å². The molecule has 0 radical (unpaired) electrons. The lowest BCUT2D eigenvalue weighted by Crippen LogP contribution is -2.51. The number of methoxy groups -OCH3 is 1. The topological polar surface area (TPSA) is 102 Å². The van der Waals surface area contributed by atoms with Gasteiger partial charge in [0.05, 0.1) is 12.9 Å². The molecule has 0 fully saturated rings. The Kier molecular flexibility index (Phi) is 8.36. The van der Waals surface area contributed by atoms with Crippen molar-refractivity contribution >= 4 is 21.9 Å². The first-order valence-electron chi connectivity index (χ1n) is 7.62. The molecule has 26 heavy (non-hydrogen) atoms. The molecular formula is C18H20N2O5S. The van der Waals surface area contributed by atoms with Gasteiger partial charge in [-0.1, -0.05) is 30.3 Å². The Morgan fingerprint density at radius 3 is 2.23 bits per heavy atom. The smallest absolute Gasteiger partial charge is 0.329 e. The van der Waals surface area contributed by atoms with Gasteiger partial charge >= 0.3 is 5.97 Å². The van der Waals surface area contributed by atoms with E-state index in [9.17, 15) is 18.0 Å². The highest BCUT2D eigenvalue weighted by molar-refractivity contribution is 7.88. The highest BCUT2D eigenvalue weighted by atomic mass is 32.2. The van der Waals surface area contributed by atoms with Gasteiger partial charge in [-0.15, -0.1) is 24.7 Å². The summed E-state index contributed by atoms with van der Waals surface area (Å²) in [5.41, 5.74) is 0.555. The number of hydrogen-bond acceptors (Lipinski definition) is 5. The molecule has 8 heteroatoms. The molecule has 1 aromatic carbocycles. The quantitative estimate of drug-likeness (QED) is 0.473. The van der Waals surface area contributed by atoms with Gasteiger partial charge in [-0.3, -0.25) is 4.79 Å². The Hall–Kier alpha value is -2.81. The average molecular weight is 376 g/mol. The van der Waals surface area contributed by atoms with Crippen molar-refractivity contribution in [3.05, 3.63) is 35.9 Å². The van der Waals surface area contributed by atoms with E-state index in [0.29, 0.717) is 5.56 Å². The second-order valence-corrected chi connectivity index (χ2v) is 7.07. The summed E-state index contributed by atoms with van der Waals surface area (Å²) in [4.78, 5) is 24.0. The number of ether oxygens (including phenoxy) is 1. The van der Waals surface area contributed by atoms with Crippen LogP contribution in [0.1, 0.15) is 18.4 Å². The van der Waals surface area contributed by atoms with Crippen LogP contribution in [0.15, 0.2) is 30.3 Å². The zero-order valence-corrected chi connectivity index (χ0v) is 15.1. The maximum Gasteiger partial charge on any atom is 0.329 e. The van der Waals surface area contributed by atoms with Crippen LogP contribution in [0.5, 0.6) is 0 Å².